The van der Waals surface area contributed by atoms with Crippen LogP contribution in [0.1, 0.15) is 11.1 Å². The molecule has 0 aromatic heterocycles. The van der Waals surface area contributed by atoms with Crippen LogP contribution in [0.2, 0.25) is 5.02 Å². The summed E-state index contributed by atoms with van der Waals surface area (Å²) in [7, 11) is 0. The summed E-state index contributed by atoms with van der Waals surface area (Å²) >= 11 is 5.88. The highest BCUT2D eigenvalue weighted by Crippen LogP contribution is 2.16. The Kier molecular flexibility index (Phi) is 5.19. The number of hydrogen-bond acceptors (Lipinski definition) is 2. The average molecular weight is 254 g/mol. The molecule has 0 amide bonds. The standard InChI is InChI=1S/C13H16ClNO2/c1-3-6-15(9-13(16)17)8-11-4-5-12(14)7-10(11)2/h3-5,7H,1,6,8-9H2,2H3,(H,16,17). The number of nitrogens with zero attached hydrogens (tertiary/aromatic N) is 1. The van der Waals surface area contributed by atoms with Crippen LogP contribution in [-0.2, 0) is 11.3 Å². The fourth-order valence-electron chi connectivity index (χ4n) is 1.64. The minimum absolute atomic E-state index is 0.00802. The highest BCUT2D eigenvalue weighted by Gasteiger charge is 2.10. The van der Waals surface area contributed by atoms with Crippen molar-refractivity contribution in [2.45, 2.75) is 13.5 Å². The van der Waals surface area contributed by atoms with Crippen molar-refractivity contribution in [3.63, 3.8) is 0 Å². The SMILES string of the molecule is C=CCN(CC(=O)O)Cc1ccc(Cl)cc1C. The number of carboxylic acids is 1. The average Bonchev–Trinajstić information content (AvgIpc) is 2.21. The first-order valence-electron chi connectivity index (χ1n) is 5.33. The van der Waals surface area contributed by atoms with Gasteiger partial charge in [-0.2, -0.15) is 0 Å². The Morgan fingerprint density at radius 3 is 2.82 bits per heavy atom. The van der Waals surface area contributed by atoms with Crippen molar-refractivity contribution in [1.29, 1.82) is 0 Å². The summed E-state index contributed by atoms with van der Waals surface area (Å²) in [5.41, 5.74) is 2.15. The van der Waals surface area contributed by atoms with Crippen molar-refractivity contribution < 1.29 is 9.90 Å². The number of aliphatic carboxylic acids is 1. The smallest absolute Gasteiger partial charge is 0.317 e. The molecule has 0 aliphatic rings. The number of rotatable bonds is 6. The molecular formula is C13H16ClNO2. The number of carboxylic acid groups (broad SMARTS) is 1. The maximum absolute atomic E-state index is 10.7. The molecule has 3 nitrogen and oxygen atoms in total. The van der Waals surface area contributed by atoms with Crippen LogP contribution in [0, 0.1) is 6.92 Å². The van der Waals surface area contributed by atoms with E-state index in [1.807, 2.05) is 30.0 Å². The second kappa shape index (κ2) is 6.42. The van der Waals surface area contributed by atoms with Gasteiger partial charge in [0.25, 0.3) is 0 Å². The van der Waals surface area contributed by atoms with E-state index in [1.54, 1.807) is 6.08 Å². The zero-order chi connectivity index (χ0) is 12.8. The van der Waals surface area contributed by atoms with Gasteiger partial charge in [-0.25, -0.2) is 0 Å². The van der Waals surface area contributed by atoms with E-state index in [-0.39, 0.29) is 6.54 Å². The Bertz CT molecular complexity index is 418. The van der Waals surface area contributed by atoms with Crippen molar-refractivity contribution in [2.75, 3.05) is 13.1 Å². The third-order valence-corrected chi connectivity index (χ3v) is 2.68. The third-order valence-electron chi connectivity index (χ3n) is 2.44. The molecule has 0 unspecified atom stereocenters. The lowest BCUT2D eigenvalue weighted by Crippen LogP contribution is -2.29. The van der Waals surface area contributed by atoms with Gasteiger partial charge in [0.2, 0.25) is 0 Å². The molecule has 0 spiro atoms. The number of carbonyl (C=O) groups is 1. The van der Waals surface area contributed by atoms with Crippen molar-refractivity contribution in [2.24, 2.45) is 0 Å². The lowest BCUT2D eigenvalue weighted by atomic mass is 10.1. The summed E-state index contributed by atoms with van der Waals surface area (Å²) in [5, 5.41) is 9.50. The van der Waals surface area contributed by atoms with Crippen molar-refractivity contribution >= 4 is 17.6 Å². The highest BCUT2D eigenvalue weighted by atomic mass is 35.5. The molecule has 4 heteroatoms. The molecule has 0 saturated carbocycles. The molecule has 0 fully saturated rings. The third kappa shape index (κ3) is 4.59. The Morgan fingerprint density at radius 1 is 1.59 bits per heavy atom. The van der Waals surface area contributed by atoms with Crippen LogP contribution in [-0.4, -0.2) is 29.1 Å². The van der Waals surface area contributed by atoms with E-state index in [0.717, 1.165) is 11.1 Å². The first-order valence-corrected chi connectivity index (χ1v) is 5.70. The lowest BCUT2D eigenvalue weighted by molar-refractivity contribution is -0.138. The van der Waals surface area contributed by atoms with Crippen LogP contribution in [0.3, 0.4) is 0 Å². The molecule has 0 bridgehead atoms. The minimum atomic E-state index is -0.835. The monoisotopic (exact) mass is 253 g/mol. The molecule has 1 aromatic carbocycles. The topological polar surface area (TPSA) is 40.5 Å². The van der Waals surface area contributed by atoms with E-state index in [1.165, 1.54) is 0 Å². The van der Waals surface area contributed by atoms with Crippen molar-refractivity contribution in [3.8, 4) is 0 Å². The van der Waals surface area contributed by atoms with Crippen LogP contribution < -0.4 is 0 Å². The van der Waals surface area contributed by atoms with Crippen LogP contribution in [0.4, 0.5) is 0 Å². The maximum Gasteiger partial charge on any atom is 0.317 e. The van der Waals surface area contributed by atoms with Gasteiger partial charge in [-0.3, -0.25) is 9.69 Å². The summed E-state index contributed by atoms with van der Waals surface area (Å²) < 4.78 is 0. The molecule has 1 rings (SSSR count). The number of aryl methyl sites for hydroxylation is 1. The Balaban J connectivity index is 2.77. The van der Waals surface area contributed by atoms with Crippen molar-refractivity contribution in [3.05, 3.63) is 47.0 Å². The van der Waals surface area contributed by atoms with Gasteiger partial charge in [0.1, 0.15) is 0 Å². The quantitative estimate of drug-likeness (QED) is 0.793. The Labute approximate surface area is 106 Å². The van der Waals surface area contributed by atoms with E-state index in [2.05, 4.69) is 6.58 Å². The van der Waals surface area contributed by atoms with E-state index in [0.29, 0.717) is 18.1 Å². The van der Waals surface area contributed by atoms with Crippen LogP contribution >= 0.6 is 11.6 Å². The fraction of sp³-hybridized carbons (Fsp3) is 0.308. The maximum atomic E-state index is 10.7. The zero-order valence-electron chi connectivity index (χ0n) is 9.82. The van der Waals surface area contributed by atoms with Gasteiger partial charge in [-0.05, 0) is 30.2 Å². The van der Waals surface area contributed by atoms with Crippen LogP contribution in [0.15, 0.2) is 30.9 Å². The van der Waals surface area contributed by atoms with Crippen LogP contribution in [0.5, 0.6) is 0 Å². The first kappa shape index (κ1) is 13.7. The minimum Gasteiger partial charge on any atom is -0.480 e. The molecule has 0 heterocycles. The number of benzene rings is 1. The van der Waals surface area contributed by atoms with Gasteiger partial charge >= 0.3 is 5.97 Å². The first-order chi connectivity index (χ1) is 8.02. The van der Waals surface area contributed by atoms with E-state index < -0.39 is 5.97 Å². The van der Waals surface area contributed by atoms with Gasteiger partial charge < -0.3 is 5.11 Å². The summed E-state index contributed by atoms with van der Waals surface area (Å²) in [5.74, 6) is -0.835. The summed E-state index contributed by atoms with van der Waals surface area (Å²) in [6.45, 7) is 6.74. The summed E-state index contributed by atoms with van der Waals surface area (Å²) in [4.78, 5) is 12.5. The molecule has 0 aliphatic carbocycles. The Morgan fingerprint density at radius 2 is 2.29 bits per heavy atom. The van der Waals surface area contributed by atoms with Gasteiger partial charge in [-0.15, -0.1) is 6.58 Å². The largest absolute Gasteiger partial charge is 0.480 e. The zero-order valence-corrected chi connectivity index (χ0v) is 10.6. The van der Waals surface area contributed by atoms with Crippen molar-refractivity contribution in [1.82, 2.24) is 4.90 Å². The molecule has 92 valence electrons. The van der Waals surface area contributed by atoms with E-state index in [9.17, 15) is 4.79 Å². The van der Waals surface area contributed by atoms with E-state index in [4.69, 9.17) is 16.7 Å². The fourth-order valence-corrected chi connectivity index (χ4v) is 1.86. The second-order valence-electron chi connectivity index (χ2n) is 3.92. The molecular weight excluding hydrogens is 238 g/mol. The molecule has 0 radical (unpaired) electrons. The molecule has 0 atom stereocenters. The molecule has 1 aromatic rings. The second-order valence-corrected chi connectivity index (χ2v) is 4.36. The molecule has 1 N–H and O–H groups in total. The van der Waals surface area contributed by atoms with Gasteiger partial charge in [0, 0.05) is 18.1 Å². The summed E-state index contributed by atoms with van der Waals surface area (Å²) in [6, 6.07) is 5.62. The molecule has 0 saturated heterocycles. The van der Waals surface area contributed by atoms with E-state index >= 15 is 0 Å². The highest BCUT2D eigenvalue weighted by molar-refractivity contribution is 6.30. The Hall–Kier alpha value is -1.32. The van der Waals surface area contributed by atoms with Gasteiger partial charge in [0.15, 0.2) is 0 Å². The lowest BCUT2D eigenvalue weighted by Gasteiger charge is -2.19. The summed E-state index contributed by atoms with van der Waals surface area (Å²) in [6.07, 6.45) is 1.70. The van der Waals surface area contributed by atoms with Gasteiger partial charge in [0.05, 0.1) is 6.54 Å². The number of halogens is 1. The predicted molar refractivity (Wildman–Crippen MR) is 69.3 cm³/mol. The molecule has 17 heavy (non-hydrogen) atoms. The van der Waals surface area contributed by atoms with Gasteiger partial charge in [-0.1, -0.05) is 23.7 Å². The number of hydrogen-bond donors (Lipinski definition) is 1. The predicted octanol–water partition coefficient (Wildman–Crippen LogP) is 2.72. The normalized spacial score (nSPS) is 10.5. The van der Waals surface area contributed by atoms with Crippen LogP contribution in [0.25, 0.3) is 0 Å². The molecule has 0 aliphatic heterocycles.